The van der Waals surface area contributed by atoms with Crippen LogP contribution in [0.3, 0.4) is 0 Å². The minimum atomic E-state index is 0.287. The normalized spacial score (nSPS) is 24.4. The van der Waals surface area contributed by atoms with Gasteiger partial charge >= 0.3 is 0 Å². The standard InChI is InChI=1S/C12H18BrN3O/c1-8-4-3-5-9(6-8)17-11-10(13)7-15-12(14-2)16-11/h7-9H,3-6H2,1-2H3,(H,14,15,16). The first-order chi connectivity index (χ1) is 8.19. The molecule has 0 bridgehead atoms. The highest BCUT2D eigenvalue weighted by molar-refractivity contribution is 9.10. The Morgan fingerprint density at radius 1 is 1.47 bits per heavy atom. The Bertz CT molecular complexity index is 386. The van der Waals surface area contributed by atoms with Crippen LogP contribution in [0.4, 0.5) is 5.95 Å². The molecule has 5 heteroatoms. The molecule has 0 amide bonds. The summed E-state index contributed by atoms with van der Waals surface area (Å²) in [5, 5.41) is 2.92. The lowest BCUT2D eigenvalue weighted by atomic mass is 9.89. The second-order valence-corrected chi connectivity index (χ2v) is 5.46. The minimum Gasteiger partial charge on any atom is -0.473 e. The lowest BCUT2D eigenvalue weighted by Crippen LogP contribution is -2.24. The molecule has 2 atom stereocenters. The van der Waals surface area contributed by atoms with Crippen LogP contribution in [0.2, 0.25) is 0 Å². The maximum Gasteiger partial charge on any atom is 0.233 e. The monoisotopic (exact) mass is 299 g/mol. The Morgan fingerprint density at radius 3 is 3.00 bits per heavy atom. The van der Waals surface area contributed by atoms with Crippen LogP contribution in [0.25, 0.3) is 0 Å². The molecule has 1 fully saturated rings. The van der Waals surface area contributed by atoms with Crippen molar-refractivity contribution in [2.75, 3.05) is 12.4 Å². The second-order valence-electron chi connectivity index (χ2n) is 4.61. The zero-order chi connectivity index (χ0) is 12.3. The number of anilines is 1. The third kappa shape index (κ3) is 3.31. The van der Waals surface area contributed by atoms with Gasteiger partial charge in [0.25, 0.3) is 0 Å². The topological polar surface area (TPSA) is 47.0 Å². The van der Waals surface area contributed by atoms with E-state index in [2.05, 4.69) is 38.1 Å². The first-order valence-corrected chi connectivity index (χ1v) is 6.85. The van der Waals surface area contributed by atoms with Gasteiger partial charge in [0.1, 0.15) is 6.10 Å². The minimum absolute atomic E-state index is 0.287. The molecule has 1 aliphatic rings. The van der Waals surface area contributed by atoms with Crippen molar-refractivity contribution < 1.29 is 4.74 Å². The van der Waals surface area contributed by atoms with Gasteiger partial charge in [-0.05, 0) is 41.1 Å². The van der Waals surface area contributed by atoms with Crippen molar-refractivity contribution in [1.82, 2.24) is 9.97 Å². The molecule has 0 radical (unpaired) electrons. The predicted molar refractivity (Wildman–Crippen MR) is 71.3 cm³/mol. The number of rotatable bonds is 3. The van der Waals surface area contributed by atoms with Crippen LogP contribution in [-0.2, 0) is 0 Å². The van der Waals surface area contributed by atoms with Gasteiger partial charge in [0.05, 0.1) is 10.7 Å². The first kappa shape index (κ1) is 12.6. The van der Waals surface area contributed by atoms with Crippen LogP contribution in [-0.4, -0.2) is 23.1 Å². The summed E-state index contributed by atoms with van der Waals surface area (Å²) in [4.78, 5) is 8.43. The molecule has 1 saturated carbocycles. The van der Waals surface area contributed by atoms with Crippen LogP contribution >= 0.6 is 15.9 Å². The van der Waals surface area contributed by atoms with E-state index in [4.69, 9.17) is 4.74 Å². The molecule has 0 saturated heterocycles. The Labute approximate surface area is 110 Å². The zero-order valence-electron chi connectivity index (χ0n) is 10.2. The third-order valence-corrected chi connectivity index (χ3v) is 3.65. The Morgan fingerprint density at radius 2 is 2.29 bits per heavy atom. The number of nitrogens with zero attached hydrogens (tertiary/aromatic N) is 2. The van der Waals surface area contributed by atoms with Gasteiger partial charge in [-0.15, -0.1) is 0 Å². The molecule has 1 heterocycles. The van der Waals surface area contributed by atoms with E-state index in [1.54, 1.807) is 13.2 Å². The summed E-state index contributed by atoms with van der Waals surface area (Å²) >= 11 is 3.42. The molecule has 1 N–H and O–H groups in total. The lowest BCUT2D eigenvalue weighted by Gasteiger charge is -2.27. The summed E-state index contributed by atoms with van der Waals surface area (Å²) in [6.45, 7) is 2.28. The van der Waals surface area contributed by atoms with Crippen molar-refractivity contribution in [3.05, 3.63) is 10.7 Å². The number of hydrogen-bond acceptors (Lipinski definition) is 4. The van der Waals surface area contributed by atoms with Gasteiger partial charge < -0.3 is 10.1 Å². The Kier molecular flexibility index (Phi) is 4.20. The summed E-state index contributed by atoms with van der Waals surface area (Å²) in [5.41, 5.74) is 0. The molecule has 1 aromatic heterocycles. The number of nitrogens with one attached hydrogen (secondary N) is 1. The molecule has 0 aromatic carbocycles. The number of ether oxygens (including phenoxy) is 1. The van der Waals surface area contributed by atoms with Crippen molar-refractivity contribution in [2.24, 2.45) is 5.92 Å². The number of aromatic nitrogens is 2. The van der Waals surface area contributed by atoms with Gasteiger partial charge in [-0.2, -0.15) is 4.98 Å². The zero-order valence-corrected chi connectivity index (χ0v) is 11.8. The van der Waals surface area contributed by atoms with Crippen LogP contribution in [0.1, 0.15) is 32.6 Å². The number of hydrogen-bond donors (Lipinski definition) is 1. The molecular formula is C12H18BrN3O. The van der Waals surface area contributed by atoms with E-state index in [1.165, 1.54) is 12.8 Å². The van der Waals surface area contributed by atoms with E-state index in [-0.39, 0.29) is 6.10 Å². The SMILES string of the molecule is CNc1ncc(Br)c(OC2CCCC(C)C2)n1. The van der Waals surface area contributed by atoms with Gasteiger partial charge in [-0.25, -0.2) is 4.98 Å². The third-order valence-electron chi connectivity index (χ3n) is 3.10. The largest absolute Gasteiger partial charge is 0.473 e. The van der Waals surface area contributed by atoms with Crippen molar-refractivity contribution in [3.63, 3.8) is 0 Å². The van der Waals surface area contributed by atoms with Crippen LogP contribution in [0.5, 0.6) is 5.88 Å². The van der Waals surface area contributed by atoms with E-state index in [1.807, 2.05) is 0 Å². The van der Waals surface area contributed by atoms with Gasteiger partial charge in [0.2, 0.25) is 11.8 Å². The summed E-state index contributed by atoms with van der Waals surface area (Å²) in [6, 6.07) is 0. The van der Waals surface area contributed by atoms with Gasteiger partial charge in [-0.3, -0.25) is 0 Å². The average Bonchev–Trinajstić information content (AvgIpc) is 2.32. The molecule has 17 heavy (non-hydrogen) atoms. The summed E-state index contributed by atoms with van der Waals surface area (Å²) < 4.78 is 6.78. The lowest BCUT2D eigenvalue weighted by molar-refractivity contribution is 0.123. The molecule has 2 unspecified atom stereocenters. The Hall–Kier alpha value is -0.840. The molecule has 0 spiro atoms. The highest BCUT2D eigenvalue weighted by Gasteiger charge is 2.21. The maximum atomic E-state index is 5.96. The summed E-state index contributed by atoms with van der Waals surface area (Å²) in [5.74, 6) is 1.98. The summed E-state index contributed by atoms with van der Waals surface area (Å²) in [7, 11) is 1.80. The van der Waals surface area contributed by atoms with E-state index >= 15 is 0 Å². The molecule has 2 rings (SSSR count). The van der Waals surface area contributed by atoms with Crippen LogP contribution in [0.15, 0.2) is 10.7 Å². The molecule has 0 aliphatic heterocycles. The van der Waals surface area contributed by atoms with Crippen molar-refractivity contribution in [2.45, 2.75) is 38.7 Å². The van der Waals surface area contributed by atoms with Gasteiger partial charge in [0, 0.05) is 7.05 Å². The van der Waals surface area contributed by atoms with Gasteiger partial charge in [-0.1, -0.05) is 13.3 Å². The average molecular weight is 300 g/mol. The fourth-order valence-corrected chi connectivity index (χ4v) is 2.48. The van der Waals surface area contributed by atoms with Crippen LogP contribution < -0.4 is 10.1 Å². The van der Waals surface area contributed by atoms with Gasteiger partial charge in [0.15, 0.2) is 0 Å². The van der Waals surface area contributed by atoms with Crippen molar-refractivity contribution in [3.8, 4) is 5.88 Å². The van der Waals surface area contributed by atoms with E-state index in [0.717, 1.165) is 23.2 Å². The first-order valence-electron chi connectivity index (χ1n) is 6.06. The van der Waals surface area contributed by atoms with Crippen molar-refractivity contribution >= 4 is 21.9 Å². The fraction of sp³-hybridized carbons (Fsp3) is 0.667. The fourth-order valence-electron chi connectivity index (χ4n) is 2.20. The van der Waals surface area contributed by atoms with Crippen LogP contribution in [0, 0.1) is 5.92 Å². The molecule has 1 aliphatic carbocycles. The smallest absolute Gasteiger partial charge is 0.233 e. The molecule has 94 valence electrons. The molecule has 1 aromatic rings. The highest BCUT2D eigenvalue weighted by Crippen LogP contribution is 2.30. The van der Waals surface area contributed by atoms with E-state index in [0.29, 0.717) is 11.8 Å². The summed E-state index contributed by atoms with van der Waals surface area (Å²) in [6.07, 6.45) is 6.80. The highest BCUT2D eigenvalue weighted by atomic mass is 79.9. The van der Waals surface area contributed by atoms with E-state index in [9.17, 15) is 0 Å². The second kappa shape index (κ2) is 5.67. The predicted octanol–water partition coefficient (Wildman–Crippen LogP) is 3.24. The van der Waals surface area contributed by atoms with E-state index < -0.39 is 0 Å². The quantitative estimate of drug-likeness (QED) is 0.931. The molecular weight excluding hydrogens is 282 g/mol. The Balaban J connectivity index is 2.06. The molecule has 4 nitrogen and oxygen atoms in total. The van der Waals surface area contributed by atoms with Crippen molar-refractivity contribution in [1.29, 1.82) is 0 Å². The number of halogens is 1. The maximum absolute atomic E-state index is 5.96.